The fraction of sp³-hybridized carbons (Fsp3) is 0.652. The second-order valence-corrected chi connectivity index (χ2v) is 9.58. The van der Waals surface area contributed by atoms with Crippen molar-refractivity contribution in [2.75, 3.05) is 13.1 Å². The van der Waals surface area contributed by atoms with Crippen molar-refractivity contribution in [3.63, 3.8) is 0 Å². The Labute approximate surface area is 181 Å². The Morgan fingerprint density at radius 1 is 1.19 bits per heavy atom. The van der Waals surface area contributed by atoms with Gasteiger partial charge < -0.3 is 10.2 Å². The van der Waals surface area contributed by atoms with Crippen molar-refractivity contribution in [3.05, 3.63) is 30.1 Å². The van der Waals surface area contributed by atoms with Crippen molar-refractivity contribution in [2.24, 2.45) is 10.8 Å². The molecule has 3 aliphatic rings. The van der Waals surface area contributed by atoms with E-state index in [9.17, 15) is 23.6 Å². The monoisotopic (exact) mass is 430 g/mol. The van der Waals surface area contributed by atoms with Gasteiger partial charge in [-0.25, -0.2) is 13.6 Å². The van der Waals surface area contributed by atoms with Crippen molar-refractivity contribution in [2.45, 2.75) is 69.8 Å². The predicted molar refractivity (Wildman–Crippen MR) is 109 cm³/mol. The highest BCUT2D eigenvalue weighted by Gasteiger charge is 2.48. The van der Waals surface area contributed by atoms with Gasteiger partial charge >= 0.3 is 6.03 Å². The van der Waals surface area contributed by atoms with Crippen LogP contribution < -0.4 is 5.32 Å². The van der Waals surface area contributed by atoms with Crippen LogP contribution in [-0.2, 0) is 11.2 Å². The molecular formula is C23H28F2N4O2. The fourth-order valence-corrected chi connectivity index (χ4v) is 4.42. The summed E-state index contributed by atoms with van der Waals surface area (Å²) in [4.78, 5) is 31.2. The first kappa shape index (κ1) is 21.7. The number of hydrogen-bond acceptors (Lipinski definition) is 4. The molecule has 0 aromatic carbocycles. The zero-order valence-electron chi connectivity index (χ0n) is 17.6. The van der Waals surface area contributed by atoms with Crippen LogP contribution in [0.1, 0.15) is 57.1 Å². The van der Waals surface area contributed by atoms with Crippen LogP contribution in [0.2, 0.25) is 0 Å². The number of nitriles is 1. The SMILES string of the molecule is N#CC1(CC(=O)[C@H](CC(F)(F)Cc2ccccn2)NC(=O)N2CCC3(CC2)CC3)CC1. The molecule has 1 saturated heterocycles. The molecule has 2 heterocycles. The standard InChI is InChI=1S/C23H28F2N4O2/c24-23(25,13-17-3-1-2-10-27-17)14-18(19(30)15-22(16-26)6-7-22)28-20(31)29-11-8-21(4-5-21)9-12-29/h1-3,10,18H,4-9,11-15H2,(H,28,31)/t18-/m0/s1. The molecule has 6 nitrogen and oxygen atoms in total. The summed E-state index contributed by atoms with van der Waals surface area (Å²) in [6.07, 6.45) is 5.36. The number of rotatable bonds is 8. The van der Waals surface area contributed by atoms with Gasteiger partial charge in [-0.2, -0.15) is 5.26 Å². The fourth-order valence-electron chi connectivity index (χ4n) is 4.42. The number of ketones is 1. The Kier molecular flexibility index (Phi) is 5.71. The van der Waals surface area contributed by atoms with Crippen molar-refractivity contribution >= 4 is 11.8 Å². The Hall–Kier alpha value is -2.56. The quantitative estimate of drug-likeness (QED) is 0.678. The Bertz CT molecular complexity index is 865. The van der Waals surface area contributed by atoms with Gasteiger partial charge in [-0.1, -0.05) is 6.07 Å². The second kappa shape index (κ2) is 8.18. The maximum atomic E-state index is 14.8. The molecule has 31 heavy (non-hydrogen) atoms. The largest absolute Gasteiger partial charge is 0.328 e. The molecule has 166 valence electrons. The van der Waals surface area contributed by atoms with E-state index in [0.29, 0.717) is 31.3 Å². The van der Waals surface area contributed by atoms with E-state index in [1.54, 1.807) is 17.0 Å². The predicted octanol–water partition coefficient (Wildman–Crippen LogP) is 3.87. The number of urea groups is 1. The Morgan fingerprint density at radius 3 is 2.45 bits per heavy atom. The van der Waals surface area contributed by atoms with Gasteiger partial charge in [-0.3, -0.25) is 9.78 Å². The minimum Gasteiger partial charge on any atom is -0.328 e. The van der Waals surface area contributed by atoms with Gasteiger partial charge in [0.1, 0.15) is 0 Å². The zero-order valence-corrected chi connectivity index (χ0v) is 17.6. The highest BCUT2D eigenvalue weighted by molar-refractivity contribution is 5.89. The van der Waals surface area contributed by atoms with Crippen LogP contribution in [-0.4, -0.2) is 46.8 Å². The third-order valence-corrected chi connectivity index (χ3v) is 7.03. The highest BCUT2D eigenvalue weighted by atomic mass is 19.3. The average Bonchev–Trinajstić information content (AvgIpc) is 3.67. The topological polar surface area (TPSA) is 86.1 Å². The summed E-state index contributed by atoms with van der Waals surface area (Å²) in [5.74, 6) is -3.71. The van der Waals surface area contributed by atoms with E-state index in [1.807, 2.05) is 0 Å². The number of piperidine rings is 1. The maximum Gasteiger partial charge on any atom is 0.317 e. The summed E-state index contributed by atoms with van der Waals surface area (Å²) in [5, 5.41) is 11.9. The van der Waals surface area contributed by atoms with E-state index in [-0.39, 0.29) is 12.1 Å². The van der Waals surface area contributed by atoms with E-state index >= 15 is 0 Å². The van der Waals surface area contributed by atoms with Crippen LogP contribution in [0.3, 0.4) is 0 Å². The van der Waals surface area contributed by atoms with Gasteiger partial charge in [0.05, 0.1) is 23.9 Å². The molecule has 1 atom stereocenters. The van der Waals surface area contributed by atoms with Crippen LogP contribution >= 0.6 is 0 Å². The van der Waals surface area contributed by atoms with Crippen molar-refractivity contribution in [1.29, 1.82) is 5.26 Å². The third-order valence-electron chi connectivity index (χ3n) is 7.03. The summed E-state index contributed by atoms with van der Waals surface area (Å²) in [6.45, 7) is 1.17. The van der Waals surface area contributed by atoms with Gasteiger partial charge in [-0.15, -0.1) is 0 Å². The van der Waals surface area contributed by atoms with Gasteiger partial charge in [0.2, 0.25) is 0 Å². The molecule has 8 heteroatoms. The molecule has 0 bridgehead atoms. The van der Waals surface area contributed by atoms with Crippen LogP contribution in [0.25, 0.3) is 0 Å². The molecule has 2 saturated carbocycles. The molecule has 2 amide bonds. The number of pyridine rings is 1. The first-order valence-corrected chi connectivity index (χ1v) is 11.0. The summed E-state index contributed by atoms with van der Waals surface area (Å²) in [5.41, 5.74) is -0.140. The van der Waals surface area contributed by atoms with Crippen molar-refractivity contribution < 1.29 is 18.4 Å². The lowest BCUT2D eigenvalue weighted by molar-refractivity contribution is -0.124. The molecule has 1 aromatic rings. The Morgan fingerprint density at radius 2 is 1.90 bits per heavy atom. The smallest absolute Gasteiger partial charge is 0.317 e. The number of amides is 2. The zero-order chi connectivity index (χ0) is 22.1. The molecule has 1 aliphatic heterocycles. The minimum atomic E-state index is -3.22. The summed E-state index contributed by atoms with van der Waals surface area (Å²) in [7, 11) is 0. The van der Waals surface area contributed by atoms with Gasteiger partial charge in [0.15, 0.2) is 5.78 Å². The first-order valence-electron chi connectivity index (χ1n) is 11.0. The lowest BCUT2D eigenvalue weighted by Crippen LogP contribution is -2.52. The van der Waals surface area contributed by atoms with Crippen molar-refractivity contribution in [1.82, 2.24) is 15.2 Å². The average molecular weight is 430 g/mol. The lowest BCUT2D eigenvalue weighted by atomic mass is 9.92. The summed E-state index contributed by atoms with van der Waals surface area (Å²) < 4.78 is 29.7. The highest BCUT2D eigenvalue weighted by Crippen LogP contribution is 2.53. The van der Waals surface area contributed by atoms with Crippen molar-refractivity contribution in [3.8, 4) is 6.07 Å². The maximum absolute atomic E-state index is 14.8. The number of aromatic nitrogens is 1. The third kappa shape index (κ3) is 5.38. The van der Waals surface area contributed by atoms with E-state index in [2.05, 4.69) is 16.4 Å². The molecule has 0 radical (unpaired) electrons. The first-order chi connectivity index (χ1) is 14.7. The molecule has 2 aliphatic carbocycles. The number of nitrogens with zero attached hydrogens (tertiary/aromatic N) is 3. The Balaban J connectivity index is 1.42. The van der Waals surface area contributed by atoms with Crippen LogP contribution in [0.5, 0.6) is 0 Å². The molecule has 1 spiro atoms. The number of likely N-dealkylation sites (tertiary alicyclic amines) is 1. The van der Waals surface area contributed by atoms with E-state index in [1.165, 1.54) is 25.1 Å². The second-order valence-electron chi connectivity index (χ2n) is 9.58. The number of Topliss-reactive ketones (excluding diaryl/α,β-unsaturated/α-hetero) is 1. The number of alkyl halides is 2. The van der Waals surface area contributed by atoms with Crippen LogP contribution in [0.15, 0.2) is 24.4 Å². The molecule has 3 fully saturated rings. The number of halogens is 2. The molecule has 1 N–H and O–H groups in total. The summed E-state index contributed by atoms with van der Waals surface area (Å²) in [6, 6.07) is 5.14. The molecule has 0 unspecified atom stereocenters. The van der Waals surface area contributed by atoms with Gasteiger partial charge in [-0.05, 0) is 56.1 Å². The molecule has 4 rings (SSSR count). The van der Waals surface area contributed by atoms with E-state index < -0.39 is 42.0 Å². The van der Waals surface area contributed by atoms with E-state index in [4.69, 9.17) is 0 Å². The number of carbonyl (C=O) groups excluding carboxylic acids is 2. The lowest BCUT2D eigenvalue weighted by Gasteiger charge is -2.33. The summed E-state index contributed by atoms with van der Waals surface area (Å²) >= 11 is 0. The number of nitrogens with one attached hydrogen (secondary N) is 1. The molecular weight excluding hydrogens is 402 g/mol. The van der Waals surface area contributed by atoms with Crippen LogP contribution in [0, 0.1) is 22.2 Å². The number of hydrogen-bond donors (Lipinski definition) is 1. The molecule has 1 aromatic heterocycles. The van der Waals surface area contributed by atoms with Gasteiger partial charge in [0, 0.05) is 37.8 Å². The normalized spacial score (nSPS) is 21.8. The van der Waals surface area contributed by atoms with Crippen LogP contribution in [0.4, 0.5) is 13.6 Å². The van der Waals surface area contributed by atoms with E-state index in [0.717, 1.165) is 12.8 Å². The van der Waals surface area contributed by atoms with Gasteiger partial charge in [0.25, 0.3) is 5.92 Å². The number of carbonyl (C=O) groups is 2. The minimum absolute atomic E-state index is 0.1000.